The smallest absolute Gasteiger partial charge is 0.0230 e. The maximum atomic E-state index is 3.53. The Bertz CT molecular complexity index is 363. The van der Waals surface area contributed by atoms with Crippen LogP contribution in [0.3, 0.4) is 0 Å². The predicted octanol–water partition coefficient (Wildman–Crippen LogP) is 2.82. The summed E-state index contributed by atoms with van der Waals surface area (Å²) in [6.07, 6.45) is 2.66. The van der Waals surface area contributed by atoms with Crippen LogP contribution in [-0.4, -0.2) is 31.6 Å². The highest BCUT2D eigenvalue weighted by Gasteiger charge is 2.27. The van der Waals surface area contributed by atoms with E-state index in [0.29, 0.717) is 5.41 Å². The van der Waals surface area contributed by atoms with Crippen molar-refractivity contribution in [2.45, 2.75) is 33.2 Å². The van der Waals surface area contributed by atoms with Crippen molar-refractivity contribution < 1.29 is 0 Å². The van der Waals surface area contributed by atoms with Gasteiger partial charge in [-0.05, 0) is 44.3 Å². The first-order chi connectivity index (χ1) is 8.57. The van der Waals surface area contributed by atoms with Crippen LogP contribution in [0.15, 0.2) is 24.3 Å². The second kappa shape index (κ2) is 5.85. The second-order valence-corrected chi connectivity index (χ2v) is 6.25. The first kappa shape index (κ1) is 13.6. The molecule has 18 heavy (non-hydrogen) atoms. The minimum atomic E-state index is 0.442. The maximum Gasteiger partial charge on any atom is 0.0230 e. The summed E-state index contributed by atoms with van der Waals surface area (Å²) in [5.74, 6) is 0. The Labute approximate surface area is 111 Å². The average molecular weight is 246 g/mol. The third-order valence-electron chi connectivity index (χ3n) is 3.91. The second-order valence-electron chi connectivity index (χ2n) is 6.25. The largest absolute Gasteiger partial charge is 0.316 e. The van der Waals surface area contributed by atoms with Crippen molar-refractivity contribution in [2.24, 2.45) is 5.41 Å². The van der Waals surface area contributed by atoms with Crippen LogP contribution in [0.4, 0.5) is 0 Å². The van der Waals surface area contributed by atoms with Crippen LogP contribution < -0.4 is 5.32 Å². The van der Waals surface area contributed by atoms with Gasteiger partial charge >= 0.3 is 0 Å². The number of nitrogens with zero attached hydrogens (tertiary/aromatic N) is 1. The molecule has 1 N–H and O–H groups in total. The van der Waals surface area contributed by atoms with Crippen LogP contribution in [0.1, 0.15) is 30.9 Å². The molecule has 2 nitrogen and oxygen atoms in total. The lowest BCUT2D eigenvalue weighted by Crippen LogP contribution is -2.44. The first-order valence-corrected chi connectivity index (χ1v) is 7.02. The fraction of sp³-hybridized carbons (Fsp3) is 0.625. The minimum absolute atomic E-state index is 0.442. The first-order valence-electron chi connectivity index (χ1n) is 7.02. The highest BCUT2D eigenvalue weighted by Crippen LogP contribution is 2.26. The molecule has 1 unspecified atom stereocenters. The lowest BCUT2D eigenvalue weighted by atomic mass is 9.82. The number of nitrogens with one attached hydrogen (secondary N) is 1. The molecule has 0 bridgehead atoms. The Balaban J connectivity index is 1.87. The van der Waals surface area contributed by atoms with E-state index in [0.717, 1.165) is 13.1 Å². The van der Waals surface area contributed by atoms with Crippen molar-refractivity contribution >= 4 is 0 Å². The van der Waals surface area contributed by atoms with E-state index in [-0.39, 0.29) is 0 Å². The zero-order valence-corrected chi connectivity index (χ0v) is 12.0. The molecule has 0 aliphatic carbocycles. The lowest BCUT2D eigenvalue weighted by molar-refractivity contribution is 0.148. The molecule has 1 aromatic rings. The molecule has 0 saturated carbocycles. The van der Waals surface area contributed by atoms with E-state index < -0.39 is 0 Å². The molecule has 1 aromatic carbocycles. The standard InChI is InChI=1S/C16H26N2/c1-14-5-7-15(8-6-14)11-18(3)13-16(2)9-4-10-17-12-16/h5-8,17H,4,9-13H2,1-3H3. The monoisotopic (exact) mass is 246 g/mol. The average Bonchev–Trinajstić information content (AvgIpc) is 2.32. The van der Waals surface area contributed by atoms with E-state index in [4.69, 9.17) is 0 Å². The van der Waals surface area contributed by atoms with Crippen LogP contribution in [0, 0.1) is 12.3 Å². The third-order valence-corrected chi connectivity index (χ3v) is 3.91. The van der Waals surface area contributed by atoms with Gasteiger partial charge in [0.15, 0.2) is 0 Å². The summed E-state index contributed by atoms with van der Waals surface area (Å²) < 4.78 is 0. The van der Waals surface area contributed by atoms with Gasteiger partial charge in [0.05, 0.1) is 0 Å². The van der Waals surface area contributed by atoms with E-state index in [1.165, 1.54) is 37.1 Å². The van der Waals surface area contributed by atoms with Gasteiger partial charge < -0.3 is 10.2 Å². The summed E-state index contributed by atoms with van der Waals surface area (Å²) in [5.41, 5.74) is 3.19. The topological polar surface area (TPSA) is 15.3 Å². The van der Waals surface area contributed by atoms with Crippen molar-refractivity contribution in [3.63, 3.8) is 0 Å². The molecule has 2 heteroatoms. The van der Waals surface area contributed by atoms with E-state index in [1.807, 2.05) is 0 Å². The normalized spacial score (nSPS) is 24.4. The van der Waals surface area contributed by atoms with E-state index in [1.54, 1.807) is 0 Å². The van der Waals surface area contributed by atoms with Gasteiger partial charge in [-0.15, -0.1) is 0 Å². The summed E-state index contributed by atoms with van der Waals surface area (Å²) in [6, 6.07) is 8.89. The molecule has 0 spiro atoms. The maximum absolute atomic E-state index is 3.53. The summed E-state index contributed by atoms with van der Waals surface area (Å²) in [7, 11) is 2.24. The van der Waals surface area contributed by atoms with Gasteiger partial charge in [-0.1, -0.05) is 36.8 Å². The highest BCUT2D eigenvalue weighted by atomic mass is 15.1. The molecule has 1 aliphatic heterocycles. The Kier molecular flexibility index (Phi) is 4.41. The zero-order chi connectivity index (χ0) is 13.0. The number of hydrogen-bond donors (Lipinski definition) is 1. The third kappa shape index (κ3) is 3.82. The van der Waals surface area contributed by atoms with Crippen LogP contribution in [0.25, 0.3) is 0 Å². The fourth-order valence-electron chi connectivity index (χ4n) is 2.97. The highest BCUT2D eigenvalue weighted by molar-refractivity contribution is 5.21. The molecule has 0 amide bonds. The number of benzene rings is 1. The Morgan fingerprint density at radius 1 is 1.28 bits per heavy atom. The number of rotatable bonds is 4. The lowest BCUT2D eigenvalue weighted by Gasteiger charge is -2.37. The van der Waals surface area contributed by atoms with Gasteiger partial charge in [0, 0.05) is 19.6 Å². The van der Waals surface area contributed by atoms with Crippen molar-refractivity contribution in [3.8, 4) is 0 Å². The zero-order valence-electron chi connectivity index (χ0n) is 12.0. The fourth-order valence-corrected chi connectivity index (χ4v) is 2.97. The quantitative estimate of drug-likeness (QED) is 0.879. The van der Waals surface area contributed by atoms with Gasteiger partial charge in [0.2, 0.25) is 0 Å². The van der Waals surface area contributed by atoms with Crippen molar-refractivity contribution in [1.29, 1.82) is 0 Å². The molecule has 1 saturated heterocycles. The molecule has 0 radical (unpaired) electrons. The van der Waals surface area contributed by atoms with Gasteiger partial charge in [-0.3, -0.25) is 0 Å². The van der Waals surface area contributed by atoms with Crippen LogP contribution in [0.2, 0.25) is 0 Å². The van der Waals surface area contributed by atoms with Crippen molar-refractivity contribution in [2.75, 3.05) is 26.7 Å². The summed E-state index contributed by atoms with van der Waals surface area (Å²) >= 11 is 0. The van der Waals surface area contributed by atoms with E-state index in [2.05, 4.69) is 55.4 Å². The number of aryl methyl sites for hydroxylation is 1. The molecule has 1 heterocycles. The summed E-state index contributed by atoms with van der Waals surface area (Å²) in [5, 5.41) is 3.53. The molecule has 1 fully saturated rings. The van der Waals surface area contributed by atoms with Crippen molar-refractivity contribution in [3.05, 3.63) is 35.4 Å². The van der Waals surface area contributed by atoms with Crippen LogP contribution in [0.5, 0.6) is 0 Å². The molecule has 100 valence electrons. The van der Waals surface area contributed by atoms with E-state index in [9.17, 15) is 0 Å². The Morgan fingerprint density at radius 3 is 2.61 bits per heavy atom. The van der Waals surface area contributed by atoms with Crippen molar-refractivity contribution in [1.82, 2.24) is 10.2 Å². The molecule has 0 aromatic heterocycles. The van der Waals surface area contributed by atoms with Crippen LogP contribution >= 0.6 is 0 Å². The SMILES string of the molecule is Cc1ccc(CN(C)CC2(C)CCCNC2)cc1. The van der Waals surface area contributed by atoms with E-state index >= 15 is 0 Å². The molecule has 1 atom stereocenters. The molecular formula is C16H26N2. The van der Waals surface area contributed by atoms with Gasteiger partial charge in [0.1, 0.15) is 0 Å². The van der Waals surface area contributed by atoms with Gasteiger partial charge in [0.25, 0.3) is 0 Å². The Hall–Kier alpha value is -0.860. The summed E-state index contributed by atoms with van der Waals surface area (Å²) in [6.45, 7) is 9.12. The number of piperidine rings is 1. The minimum Gasteiger partial charge on any atom is -0.316 e. The predicted molar refractivity (Wildman–Crippen MR) is 77.7 cm³/mol. The molecule has 1 aliphatic rings. The number of hydrogen-bond acceptors (Lipinski definition) is 2. The van der Waals surface area contributed by atoms with Gasteiger partial charge in [-0.2, -0.15) is 0 Å². The molecular weight excluding hydrogens is 220 g/mol. The van der Waals surface area contributed by atoms with Crippen LogP contribution in [-0.2, 0) is 6.54 Å². The summed E-state index contributed by atoms with van der Waals surface area (Å²) in [4.78, 5) is 2.46. The van der Waals surface area contributed by atoms with Gasteiger partial charge in [-0.25, -0.2) is 0 Å². The Morgan fingerprint density at radius 2 is 2.00 bits per heavy atom. The molecule has 2 rings (SSSR count).